The van der Waals surface area contributed by atoms with E-state index in [-0.39, 0.29) is 5.92 Å². The number of rotatable bonds is 3. The number of hydrogen-bond acceptors (Lipinski definition) is 3. The average Bonchev–Trinajstić information content (AvgIpc) is 2.94. The minimum absolute atomic E-state index is 0.175. The number of aryl methyl sites for hydroxylation is 2. The molecular formula is C16H21N3O2S. The van der Waals surface area contributed by atoms with Gasteiger partial charge < -0.3 is 0 Å². The summed E-state index contributed by atoms with van der Waals surface area (Å²) < 4.78 is 29.0. The molecule has 1 aromatic carbocycles. The molecular weight excluding hydrogens is 298 g/mol. The van der Waals surface area contributed by atoms with Gasteiger partial charge in [0.05, 0.1) is 10.6 Å². The second-order valence-corrected chi connectivity index (χ2v) is 7.87. The van der Waals surface area contributed by atoms with Crippen LogP contribution in [0.5, 0.6) is 0 Å². The first kappa shape index (κ1) is 15.2. The maximum Gasteiger partial charge on any atom is 0.243 e. The van der Waals surface area contributed by atoms with Gasteiger partial charge in [-0.3, -0.25) is 4.68 Å². The van der Waals surface area contributed by atoms with E-state index in [1.165, 1.54) is 0 Å². The first-order valence-electron chi connectivity index (χ1n) is 7.53. The van der Waals surface area contributed by atoms with Crippen LogP contribution in [0.15, 0.2) is 41.4 Å². The lowest BCUT2D eigenvalue weighted by atomic mass is 9.96. The van der Waals surface area contributed by atoms with Crippen molar-refractivity contribution in [2.45, 2.75) is 30.6 Å². The van der Waals surface area contributed by atoms with Crippen molar-refractivity contribution in [1.29, 1.82) is 0 Å². The van der Waals surface area contributed by atoms with Crippen molar-refractivity contribution < 1.29 is 8.42 Å². The fourth-order valence-corrected chi connectivity index (χ4v) is 4.61. The van der Waals surface area contributed by atoms with Crippen molar-refractivity contribution in [3.63, 3.8) is 0 Å². The zero-order valence-corrected chi connectivity index (χ0v) is 13.8. The van der Waals surface area contributed by atoms with Gasteiger partial charge in [0.2, 0.25) is 10.0 Å². The molecule has 1 aliphatic rings. The van der Waals surface area contributed by atoms with Gasteiger partial charge in [-0.1, -0.05) is 12.1 Å². The van der Waals surface area contributed by atoms with Gasteiger partial charge in [-0.05, 0) is 43.5 Å². The highest BCUT2D eigenvalue weighted by Gasteiger charge is 2.31. The smallest absolute Gasteiger partial charge is 0.243 e. The fraction of sp³-hybridized carbons (Fsp3) is 0.438. The van der Waals surface area contributed by atoms with E-state index in [0.717, 1.165) is 24.1 Å². The fourth-order valence-electron chi connectivity index (χ4n) is 2.98. The molecule has 1 aliphatic heterocycles. The summed E-state index contributed by atoms with van der Waals surface area (Å²) in [4.78, 5) is 0.383. The predicted octanol–water partition coefficient (Wildman–Crippen LogP) is 2.30. The van der Waals surface area contributed by atoms with Crippen LogP contribution in [0.2, 0.25) is 0 Å². The Morgan fingerprint density at radius 1 is 1.27 bits per heavy atom. The molecule has 0 N–H and O–H groups in total. The van der Waals surface area contributed by atoms with E-state index in [4.69, 9.17) is 0 Å². The summed E-state index contributed by atoms with van der Waals surface area (Å²) in [5.41, 5.74) is 1.94. The van der Waals surface area contributed by atoms with Crippen LogP contribution >= 0.6 is 0 Å². The third-order valence-corrected chi connectivity index (χ3v) is 6.03. The van der Waals surface area contributed by atoms with E-state index in [9.17, 15) is 8.42 Å². The maximum absolute atomic E-state index is 12.8. The molecule has 3 rings (SSSR count). The first-order valence-corrected chi connectivity index (χ1v) is 8.97. The summed E-state index contributed by atoms with van der Waals surface area (Å²) >= 11 is 0. The summed E-state index contributed by atoms with van der Waals surface area (Å²) in [6.07, 6.45) is 3.76. The highest BCUT2D eigenvalue weighted by Crippen LogP contribution is 2.29. The van der Waals surface area contributed by atoms with Gasteiger partial charge in [-0.2, -0.15) is 9.40 Å². The topological polar surface area (TPSA) is 55.2 Å². The van der Waals surface area contributed by atoms with Crippen molar-refractivity contribution >= 4 is 10.0 Å². The Labute approximate surface area is 131 Å². The maximum atomic E-state index is 12.8. The number of piperidine rings is 1. The Kier molecular flexibility index (Phi) is 4.06. The van der Waals surface area contributed by atoms with E-state index in [1.807, 2.05) is 32.3 Å². The minimum Gasteiger partial charge on any atom is -0.276 e. The number of nitrogens with zero attached hydrogens (tertiary/aromatic N) is 3. The molecule has 0 spiro atoms. The Balaban J connectivity index is 1.85. The summed E-state index contributed by atoms with van der Waals surface area (Å²) in [6, 6.07) is 9.09. The highest BCUT2D eigenvalue weighted by atomic mass is 32.2. The lowest BCUT2D eigenvalue weighted by molar-refractivity contribution is 0.312. The molecule has 0 bridgehead atoms. The van der Waals surface area contributed by atoms with Crippen molar-refractivity contribution in [3.8, 4) is 0 Å². The van der Waals surface area contributed by atoms with Crippen LogP contribution in [-0.2, 0) is 17.1 Å². The molecule has 2 heterocycles. The second-order valence-electron chi connectivity index (χ2n) is 5.93. The van der Waals surface area contributed by atoms with Crippen LogP contribution < -0.4 is 0 Å². The van der Waals surface area contributed by atoms with E-state index in [2.05, 4.69) is 5.10 Å². The van der Waals surface area contributed by atoms with E-state index in [0.29, 0.717) is 18.0 Å². The van der Waals surface area contributed by atoms with E-state index >= 15 is 0 Å². The van der Waals surface area contributed by atoms with Crippen LogP contribution in [0, 0.1) is 6.92 Å². The van der Waals surface area contributed by atoms with Gasteiger partial charge in [0.15, 0.2) is 0 Å². The number of aromatic nitrogens is 2. The second kappa shape index (κ2) is 5.85. The average molecular weight is 319 g/mol. The molecule has 118 valence electrons. The number of benzene rings is 1. The SMILES string of the molecule is Cc1cccc(S(=O)(=O)N2CCCC(c3ccn(C)n3)C2)c1. The largest absolute Gasteiger partial charge is 0.276 e. The van der Waals surface area contributed by atoms with Crippen molar-refractivity contribution in [2.75, 3.05) is 13.1 Å². The third-order valence-electron chi connectivity index (χ3n) is 4.16. The Morgan fingerprint density at radius 2 is 2.09 bits per heavy atom. The molecule has 0 amide bonds. The normalized spacial score (nSPS) is 20.2. The molecule has 1 fully saturated rings. The van der Waals surface area contributed by atoms with Crippen molar-refractivity contribution in [3.05, 3.63) is 47.8 Å². The molecule has 0 aliphatic carbocycles. The van der Waals surface area contributed by atoms with E-state index < -0.39 is 10.0 Å². The van der Waals surface area contributed by atoms with Gasteiger partial charge in [-0.15, -0.1) is 0 Å². The van der Waals surface area contributed by atoms with Crippen LogP contribution in [0.1, 0.15) is 30.0 Å². The molecule has 5 nitrogen and oxygen atoms in total. The van der Waals surface area contributed by atoms with Gasteiger partial charge in [0.1, 0.15) is 0 Å². The Morgan fingerprint density at radius 3 is 2.77 bits per heavy atom. The van der Waals surface area contributed by atoms with Crippen LogP contribution in [-0.4, -0.2) is 35.6 Å². The van der Waals surface area contributed by atoms with Gasteiger partial charge in [0, 0.05) is 32.3 Å². The predicted molar refractivity (Wildman–Crippen MR) is 85.1 cm³/mol. The molecule has 0 radical (unpaired) electrons. The molecule has 1 atom stereocenters. The molecule has 1 aromatic heterocycles. The summed E-state index contributed by atoms with van der Waals surface area (Å²) in [7, 11) is -1.54. The molecule has 0 saturated carbocycles. The van der Waals surface area contributed by atoms with Crippen molar-refractivity contribution in [1.82, 2.24) is 14.1 Å². The number of sulfonamides is 1. The third kappa shape index (κ3) is 2.94. The minimum atomic E-state index is -3.42. The summed E-state index contributed by atoms with van der Waals surface area (Å²) in [5, 5.41) is 4.43. The van der Waals surface area contributed by atoms with Crippen LogP contribution in [0.3, 0.4) is 0 Å². The van der Waals surface area contributed by atoms with E-state index in [1.54, 1.807) is 27.2 Å². The standard InChI is InChI=1S/C16H21N3O2S/c1-13-5-3-7-15(11-13)22(20,21)19-9-4-6-14(12-19)16-8-10-18(2)17-16/h3,5,7-8,10-11,14H,4,6,9,12H2,1-2H3. The molecule has 1 unspecified atom stereocenters. The highest BCUT2D eigenvalue weighted by molar-refractivity contribution is 7.89. The first-order chi connectivity index (χ1) is 10.5. The van der Waals surface area contributed by atoms with Gasteiger partial charge in [0.25, 0.3) is 0 Å². The molecule has 6 heteroatoms. The lowest BCUT2D eigenvalue weighted by Gasteiger charge is -2.31. The quantitative estimate of drug-likeness (QED) is 0.872. The van der Waals surface area contributed by atoms with Gasteiger partial charge >= 0.3 is 0 Å². The zero-order chi connectivity index (χ0) is 15.7. The Bertz CT molecular complexity index is 767. The van der Waals surface area contributed by atoms with Crippen LogP contribution in [0.25, 0.3) is 0 Å². The van der Waals surface area contributed by atoms with Gasteiger partial charge in [-0.25, -0.2) is 8.42 Å². The zero-order valence-electron chi connectivity index (χ0n) is 12.9. The molecule has 2 aromatic rings. The Hall–Kier alpha value is -1.66. The molecule has 1 saturated heterocycles. The monoisotopic (exact) mass is 319 g/mol. The molecule has 22 heavy (non-hydrogen) atoms. The van der Waals surface area contributed by atoms with Crippen molar-refractivity contribution in [2.24, 2.45) is 7.05 Å². The number of hydrogen-bond donors (Lipinski definition) is 0. The lowest BCUT2D eigenvalue weighted by Crippen LogP contribution is -2.39. The summed E-state index contributed by atoms with van der Waals surface area (Å²) in [6.45, 7) is 3.00. The summed E-state index contributed by atoms with van der Waals surface area (Å²) in [5.74, 6) is 0.175. The van der Waals surface area contributed by atoms with Crippen LogP contribution in [0.4, 0.5) is 0 Å².